The molecule has 210 valence electrons. The van der Waals surface area contributed by atoms with Crippen LogP contribution in [0.15, 0.2) is 41.4 Å². The molecule has 6 atom stereocenters. The van der Waals surface area contributed by atoms with Crippen molar-refractivity contribution in [1.29, 1.82) is 0 Å². The van der Waals surface area contributed by atoms with Crippen LogP contribution in [0, 0.1) is 23.2 Å². The van der Waals surface area contributed by atoms with Crippen molar-refractivity contribution in [2.45, 2.75) is 70.8 Å². The van der Waals surface area contributed by atoms with E-state index in [1.165, 1.54) is 11.3 Å². The summed E-state index contributed by atoms with van der Waals surface area (Å²) in [7, 11) is -3.91. The molecule has 0 radical (unpaired) electrons. The summed E-state index contributed by atoms with van der Waals surface area (Å²) in [5, 5.41) is 12.8. The Balaban J connectivity index is 1.41. The van der Waals surface area contributed by atoms with Gasteiger partial charge in [0.15, 0.2) is 5.13 Å². The third-order valence-corrected chi connectivity index (χ3v) is 11.6. The summed E-state index contributed by atoms with van der Waals surface area (Å²) in [5.41, 5.74) is 1.12. The van der Waals surface area contributed by atoms with E-state index in [2.05, 4.69) is 23.6 Å². The number of hydrogen-bond acceptors (Lipinski definition) is 7. The maximum Gasteiger partial charge on any atom is 0.265 e. The van der Waals surface area contributed by atoms with Gasteiger partial charge >= 0.3 is 0 Å². The number of sulfonamides is 1. The van der Waals surface area contributed by atoms with Crippen molar-refractivity contribution in [2.75, 3.05) is 17.8 Å². The maximum absolute atomic E-state index is 13.4. The number of aliphatic hydroxyl groups excluding tert-OH is 1. The van der Waals surface area contributed by atoms with Gasteiger partial charge in [-0.3, -0.25) is 14.5 Å². The van der Waals surface area contributed by atoms with Crippen LogP contribution in [0.1, 0.15) is 63.9 Å². The Morgan fingerprint density at radius 1 is 1.26 bits per heavy atom. The minimum atomic E-state index is -3.91. The van der Waals surface area contributed by atoms with Crippen LogP contribution >= 0.6 is 11.3 Å². The van der Waals surface area contributed by atoms with Crippen LogP contribution in [0.4, 0.5) is 5.13 Å². The number of anilines is 1. The highest BCUT2D eigenvalue weighted by Gasteiger charge is 2.54. The third kappa shape index (κ3) is 4.85. The molecule has 2 aliphatic carbocycles. The monoisotopic (exact) mass is 570 g/mol. The van der Waals surface area contributed by atoms with E-state index in [1.54, 1.807) is 24.4 Å². The van der Waals surface area contributed by atoms with Gasteiger partial charge in [-0.05, 0) is 62.5 Å². The molecule has 1 aromatic carbocycles. The van der Waals surface area contributed by atoms with Gasteiger partial charge in [0.25, 0.3) is 10.0 Å². The third-order valence-electron chi connectivity index (χ3n) is 9.14. The van der Waals surface area contributed by atoms with E-state index >= 15 is 0 Å². The lowest BCUT2D eigenvalue weighted by Crippen LogP contribution is -2.53. The van der Waals surface area contributed by atoms with Crippen molar-refractivity contribution in [2.24, 2.45) is 23.2 Å². The highest BCUT2D eigenvalue weighted by molar-refractivity contribution is 7.93. The molecule has 1 amide bonds. The number of benzene rings is 1. The number of carbonyl (C=O) groups excluding carboxylic acids is 1. The Hall–Kier alpha value is -2.56. The lowest BCUT2D eigenvalue weighted by molar-refractivity contribution is -0.144. The molecule has 0 bridgehead atoms. The lowest BCUT2D eigenvalue weighted by Gasteiger charge is -2.53. The number of aliphatic hydroxyl groups is 1. The van der Waals surface area contributed by atoms with E-state index in [0.717, 1.165) is 35.2 Å². The average Bonchev–Trinajstić information content (AvgIpc) is 3.29. The number of fused-ring (bicyclic) bond motifs is 3. The number of nitrogens with one attached hydrogen (secondary N) is 1. The number of hydrogen-bond donors (Lipinski definition) is 2. The number of para-hydroxylation sites is 1. The summed E-state index contributed by atoms with van der Waals surface area (Å²) in [6.07, 6.45) is 3.37. The number of carbonyl (C=O) groups is 1. The van der Waals surface area contributed by atoms with Crippen molar-refractivity contribution in [3.05, 3.63) is 47.1 Å². The van der Waals surface area contributed by atoms with Crippen LogP contribution in [0.3, 0.4) is 0 Å². The van der Waals surface area contributed by atoms with Gasteiger partial charge in [-0.2, -0.15) is 0 Å². The zero-order valence-electron chi connectivity index (χ0n) is 23.2. The number of pyridine rings is 1. The Morgan fingerprint density at radius 2 is 1.97 bits per heavy atom. The molecule has 1 saturated carbocycles. The molecule has 2 N–H and O–H groups in total. The molecule has 1 fully saturated rings. The second-order valence-corrected chi connectivity index (χ2v) is 14.1. The molecule has 10 heteroatoms. The van der Waals surface area contributed by atoms with Gasteiger partial charge in [0.2, 0.25) is 5.91 Å². The van der Waals surface area contributed by atoms with Crippen molar-refractivity contribution in [3.8, 4) is 0 Å². The quantitative estimate of drug-likeness (QED) is 0.411. The van der Waals surface area contributed by atoms with Gasteiger partial charge in [0.1, 0.15) is 4.90 Å². The second kappa shape index (κ2) is 10.4. The highest BCUT2D eigenvalue weighted by atomic mass is 32.2. The largest absolute Gasteiger partial charge is 0.392 e. The standard InChI is InChI=1S/C29H38N4O4S2/c1-6-33(7-2)27(35)17(3)20-13-14-29(5)16-21-24(18(4)23(29)26(20)34)31-28(38-21)32-39(36,37)22-12-8-10-19-11-9-15-30-25(19)22/h8-12,15,17-18,20,23,26,34H,6-7,13-14,16H2,1-5H3,(H,31,32)/t17-,18-,20?,23+,26-,29-/m0/s1. The fourth-order valence-electron chi connectivity index (χ4n) is 7.06. The number of amides is 1. The summed E-state index contributed by atoms with van der Waals surface area (Å²) >= 11 is 1.38. The molecule has 2 aliphatic rings. The van der Waals surface area contributed by atoms with E-state index in [4.69, 9.17) is 4.98 Å². The Labute approximate surface area is 234 Å². The summed E-state index contributed by atoms with van der Waals surface area (Å²) in [4.78, 5) is 25.2. The molecule has 2 heterocycles. The van der Waals surface area contributed by atoms with E-state index < -0.39 is 16.1 Å². The molecule has 5 rings (SSSR count). The Kier molecular flexibility index (Phi) is 7.50. The molecule has 1 unspecified atom stereocenters. The number of aromatic nitrogens is 2. The van der Waals surface area contributed by atoms with Gasteiger partial charge in [0, 0.05) is 41.4 Å². The van der Waals surface area contributed by atoms with Crippen molar-refractivity contribution in [3.63, 3.8) is 0 Å². The first-order valence-electron chi connectivity index (χ1n) is 13.8. The lowest BCUT2D eigenvalue weighted by atomic mass is 9.53. The Bertz CT molecular complexity index is 1480. The first kappa shape index (κ1) is 28.0. The second-order valence-electron chi connectivity index (χ2n) is 11.4. The molecular weight excluding hydrogens is 532 g/mol. The first-order valence-corrected chi connectivity index (χ1v) is 16.1. The molecule has 0 spiro atoms. The molecule has 8 nitrogen and oxygen atoms in total. The predicted molar refractivity (Wildman–Crippen MR) is 154 cm³/mol. The SMILES string of the molecule is CCN(CC)C(=O)[C@@H](C)C1CC[C@@]2(C)Cc3sc(NS(=O)(=O)c4cccc5cccnc45)nc3[C@@H](C)[C@@H]2[C@H]1O. The molecule has 3 aromatic rings. The number of rotatable bonds is 7. The van der Waals surface area contributed by atoms with Crippen LogP contribution in [-0.4, -0.2) is 53.5 Å². The summed E-state index contributed by atoms with van der Waals surface area (Å²) in [6.45, 7) is 11.5. The summed E-state index contributed by atoms with van der Waals surface area (Å²) < 4.78 is 29.5. The normalized spacial score (nSPS) is 27.4. The van der Waals surface area contributed by atoms with E-state index in [0.29, 0.717) is 23.7 Å². The fourth-order valence-corrected chi connectivity index (χ4v) is 9.74. The molecule has 0 saturated heterocycles. The highest BCUT2D eigenvalue weighted by Crippen LogP contribution is 2.57. The van der Waals surface area contributed by atoms with Gasteiger partial charge in [0.05, 0.1) is 17.3 Å². The zero-order chi connectivity index (χ0) is 28.1. The first-order chi connectivity index (χ1) is 18.5. The van der Waals surface area contributed by atoms with Crippen molar-refractivity contribution < 1.29 is 18.3 Å². The van der Waals surface area contributed by atoms with Crippen molar-refractivity contribution >= 4 is 43.3 Å². The van der Waals surface area contributed by atoms with Crippen LogP contribution in [0.2, 0.25) is 0 Å². The fraction of sp³-hybridized carbons (Fsp3) is 0.552. The van der Waals surface area contributed by atoms with E-state index in [9.17, 15) is 18.3 Å². The van der Waals surface area contributed by atoms with Crippen molar-refractivity contribution in [1.82, 2.24) is 14.9 Å². The molecule has 0 aliphatic heterocycles. The maximum atomic E-state index is 13.4. The van der Waals surface area contributed by atoms with Crippen LogP contribution in [0.5, 0.6) is 0 Å². The van der Waals surface area contributed by atoms with Gasteiger partial charge < -0.3 is 10.0 Å². The Morgan fingerprint density at radius 3 is 2.69 bits per heavy atom. The molecule has 2 aromatic heterocycles. The molecular formula is C29H38N4O4S2. The summed E-state index contributed by atoms with van der Waals surface area (Å²) in [6, 6.07) is 8.72. The van der Waals surface area contributed by atoms with Gasteiger partial charge in [-0.1, -0.05) is 39.0 Å². The predicted octanol–water partition coefficient (Wildman–Crippen LogP) is 5.05. The topological polar surface area (TPSA) is 112 Å². The minimum absolute atomic E-state index is 0.0653. The number of thiazole rings is 1. The van der Waals surface area contributed by atoms with E-state index in [1.807, 2.05) is 37.8 Å². The van der Waals surface area contributed by atoms with E-state index in [-0.39, 0.29) is 39.9 Å². The smallest absolute Gasteiger partial charge is 0.265 e. The number of nitrogens with zero attached hydrogens (tertiary/aromatic N) is 3. The van der Waals surface area contributed by atoms with Crippen LogP contribution in [-0.2, 0) is 21.2 Å². The minimum Gasteiger partial charge on any atom is -0.392 e. The average molecular weight is 571 g/mol. The van der Waals surface area contributed by atoms with Gasteiger partial charge in [-0.15, -0.1) is 11.3 Å². The summed E-state index contributed by atoms with van der Waals surface area (Å²) in [5.74, 6) is -0.406. The molecule has 39 heavy (non-hydrogen) atoms. The van der Waals surface area contributed by atoms with Gasteiger partial charge in [-0.25, -0.2) is 13.4 Å². The van der Waals surface area contributed by atoms with Crippen LogP contribution in [0.25, 0.3) is 10.9 Å². The van der Waals surface area contributed by atoms with Crippen LogP contribution < -0.4 is 4.72 Å². The zero-order valence-corrected chi connectivity index (χ0v) is 24.8.